The first-order valence-corrected chi connectivity index (χ1v) is 9.27. The summed E-state index contributed by atoms with van der Waals surface area (Å²) in [5, 5.41) is 3.73. The molecule has 1 heterocycles. The van der Waals surface area contributed by atoms with E-state index in [1.54, 1.807) is 0 Å². The van der Waals surface area contributed by atoms with E-state index in [0.717, 1.165) is 5.56 Å². The van der Waals surface area contributed by atoms with Gasteiger partial charge in [0.2, 0.25) is 0 Å². The van der Waals surface area contributed by atoms with Gasteiger partial charge in [-0.15, -0.1) is 0 Å². The lowest BCUT2D eigenvalue weighted by atomic mass is 10.1. The van der Waals surface area contributed by atoms with Crippen LogP contribution in [0.3, 0.4) is 0 Å². The van der Waals surface area contributed by atoms with E-state index in [1.807, 2.05) is 35.2 Å². The molecule has 10 heteroatoms. The molecular formula is C13H15Cl3N2O4S. The monoisotopic (exact) mass is 400 g/mol. The summed E-state index contributed by atoms with van der Waals surface area (Å²) in [6.45, 7) is 2.18. The number of alkyl halides is 3. The maximum atomic E-state index is 11.7. The van der Waals surface area contributed by atoms with E-state index < -0.39 is 13.2 Å². The minimum absolute atomic E-state index is 0.385. The quantitative estimate of drug-likeness (QED) is 0.336. The number of ether oxygens (including phenoxy) is 1. The van der Waals surface area contributed by atoms with Crippen LogP contribution < -0.4 is 0 Å². The van der Waals surface area contributed by atoms with E-state index in [-0.39, 0.29) is 0 Å². The molecule has 128 valence electrons. The number of benzene rings is 1. The van der Waals surface area contributed by atoms with Crippen molar-refractivity contribution in [3.8, 4) is 0 Å². The van der Waals surface area contributed by atoms with Crippen LogP contribution in [0.15, 0.2) is 35.5 Å². The summed E-state index contributed by atoms with van der Waals surface area (Å²) in [6, 6.07) is 9.45. The molecule has 0 unspecified atom stereocenters. The molecule has 6 nitrogen and oxygen atoms in total. The van der Waals surface area contributed by atoms with Gasteiger partial charge in [0, 0.05) is 19.5 Å². The predicted molar refractivity (Wildman–Crippen MR) is 90.3 cm³/mol. The molecule has 1 saturated heterocycles. The maximum Gasteiger partial charge on any atom is 0.378 e. The summed E-state index contributed by atoms with van der Waals surface area (Å²) in [5.41, 5.74) is 0.952. The highest BCUT2D eigenvalue weighted by atomic mass is 35.6. The summed E-state index contributed by atoms with van der Waals surface area (Å²) >= 11 is 16.1. The lowest BCUT2D eigenvalue weighted by Crippen LogP contribution is -2.42. The molecule has 0 N–H and O–H groups in total. The Morgan fingerprint density at radius 1 is 1.22 bits per heavy atom. The Morgan fingerprint density at radius 3 is 2.39 bits per heavy atom. The van der Waals surface area contributed by atoms with Gasteiger partial charge < -0.3 is 9.64 Å². The topological polar surface area (TPSA) is 68.2 Å². The van der Waals surface area contributed by atoms with Crippen molar-refractivity contribution in [2.45, 2.75) is 9.55 Å². The van der Waals surface area contributed by atoms with Crippen LogP contribution in [0.5, 0.6) is 0 Å². The average molecular weight is 402 g/mol. The third kappa shape index (κ3) is 5.39. The Morgan fingerprint density at radius 2 is 1.83 bits per heavy atom. The van der Waals surface area contributed by atoms with Gasteiger partial charge in [-0.25, -0.2) is 0 Å². The van der Waals surface area contributed by atoms with Crippen LogP contribution in [0, 0.1) is 0 Å². The molecule has 1 aromatic carbocycles. The van der Waals surface area contributed by atoms with Crippen molar-refractivity contribution in [2.75, 3.05) is 26.3 Å². The molecule has 1 fully saturated rings. The Balaban J connectivity index is 2.20. The Hall–Kier alpha value is -0.730. The van der Waals surface area contributed by atoms with Crippen LogP contribution in [-0.4, -0.2) is 48.6 Å². The minimum atomic E-state index is -4.47. The van der Waals surface area contributed by atoms with Crippen molar-refractivity contribution in [1.29, 1.82) is 0 Å². The molecular weight excluding hydrogens is 387 g/mol. The van der Waals surface area contributed by atoms with Crippen LogP contribution in [-0.2, 0) is 25.6 Å². The summed E-state index contributed by atoms with van der Waals surface area (Å²) in [6.07, 6.45) is 0.385. The first-order chi connectivity index (χ1) is 10.8. The van der Waals surface area contributed by atoms with E-state index in [4.69, 9.17) is 39.5 Å². The summed E-state index contributed by atoms with van der Waals surface area (Å²) in [4.78, 5) is 1.88. The molecule has 2 rings (SSSR count). The van der Waals surface area contributed by atoms with Gasteiger partial charge in [0.05, 0.1) is 13.2 Å². The second-order valence-corrected chi connectivity index (χ2v) is 9.37. The molecule has 1 aliphatic rings. The fourth-order valence-corrected chi connectivity index (χ4v) is 2.46. The zero-order valence-electron chi connectivity index (χ0n) is 12.0. The molecule has 1 aliphatic heterocycles. The highest BCUT2D eigenvalue weighted by Crippen LogP contribution is 2.34. The maximum absolute atomic E-state index is 11.7. The Kier molecular flexibility index (Phi) is 6.39. The lowest BCUT2D eigenvalue weighted by Gasteiger charge is -2.29. The van der Waals surface area contributed by atoms with Crippen molar-refractivity contribution in [3.05, 3.63) is 35.9 Å². The molecule has 0 amide bonds. The standard InChI is InChI=1S/C13H15Cl3N2O4S/c14-13(15,16)23(19,20)22-17-12(18-6-8-21-9-7-18)10-11-4-2-1-3-5-11/h1-5H,6-10H2. The van der Waals surface area contributed by atoms with Crippen LogP contribution in [0.2, 0.25) is 0 Å². The molecule has 0 bridgehead atoms. The van der Waals surface area contributed by atoms with Gasteiger partial charge in [-0.05, 0) is 5.56 Å². The van der Waals surface area contributed by atoms with Gasteiger partial charge in [0.1, 0.15) is 0 Å². The Bertz CT molecular complexity index is 641. The van der Waals surface area contributed by atoms with Crippen molar-refractivity contribution in [2.24, 2.45) is 5.16 Å². The zero-order valence-corrected chi connectivity index (χ0v) is 15.1. The number of hydrogen-bond acceptors (Lipinski definition) is 5. The molecule has 0 aliphatic carbocycles. The average Bonchev–Trinajstić information content (AvgIpc) is 2.52. The van der Waals surface area contributed by atoms with E-state index in [9.17, 15) is 8.42 Å². The first-order valence-electron chi connectivity index (χ1n) is 6.73. The number of morpholine rings is 1. The number of rotatable bonds is 4. The second kappa shape index (κ2) is 7.90. The third-order valence-electron chi connectivity index (χ3n) is 3.11. The Labute approximate surface area is 150 Å². The van der Waals surface area contributed by atoms with Gasteiger partial charge in [-0.1, -0.05) is 70.3 Å². The molecule has 0 radical (unpaired) electrons. The molecule has 0 aromatic heterocycles. The minimum Gasteiger partial charge on any atom is -0.378 e. The van der Waals surface area contributed by atoms with Crippen molar-refractivity contribution in [3.63, 3.8) is 0 Å². The zero-order chi connectivity index (χ0) is 16.9. The predicted octanol–water partition coefficient (Wildman–Crippen LogP) is 2.55. The van der Waals surface area contributed by atoms with E-state index in [1.165, 1.54) is 0 Å². The molecule has 23 heavy (non-hydrogen) atoms. The van der Waals surface area contributed by atoms with E-state index in [2.05, 4.69) is 9.44 Å². The molecule has 0 spiro atoms. The number of oxime groups is 1. The SMILES string of the molecule is O=S(=O)(ON=C(Cc1ccccc1)N1CCOCC1)C(Cl)(Cl)Cl. The van der Waals surface area contributed by atoms with Gasteiger partial charge in [0.15, 0.2) is 5.84 Å². The second-order valence-electron chi connectivity index (χ2n) is 4.74. The molecule has 0 saturated carbocycles. The molecule has 0 atom stereocenters. The number of amidine groups is 1. The molecule has 1 aromatic rings. The smallest absolute Gasteiger partial charge is 0.378 e. The van der Waals surface area contributed by atoms with E-state index in [0.29, 0.717) is 38.6 Å². The first kappa shape index (κ1) is 18.6. The number of hydrogen-bond donors (Lipinski definition) is 0. The fourth-order valence-electron chi connectivity index (χ4n) is 1.94. The van der Waals surface area contributed by atoms with Crippen molar-refractivity contribution in [1.82, 2.24) is 4.90 Å². The van der Waals surface area contributed by atoms with Gasteiger partial charge in [-0.3, -0.25) is 4.28 Å². The largest absolute Gasteiger partial charge is 0.378 e. The summed E-state index contributed by atoms with van der Waals surface area (Å²) in [7, 11) is -4.47. The van der Waals surface area contributed by atoms with Crippen LogP contribution >= 0.6 is 34.8 Å². The van der Waals surface area contributed by atoms with Crippen molar-refractivity contribution >= 4 is 50.8 Å². The third-order valence-corrected chi connectivity index (χ3v) is 5.64. The summed E-state index contributed by atoms with van der Waals surface area (Å²) in [5.74, 6) is 0.428. The van der Waals surface area contributed by atoms with Crippen molar-refractivity contribution < 1.29 is 17.4 Å². The lowest BCUT2D eigenvalue weighted by molar-refractivity contribution is 0.0662. The van der Waals surface area contributed by atoms with Crippen LogP contribution in [0.1, 0.15) is 5.56 Å². The van der Waals surface area contributed by atoms with Gasteiger partial charge in [-0.2, -0.15) is 8.42 Å². The normalized spacial score (nSPS) is 17.2. The van der Waals surface area contributed by atoms with E-state index >= 15 is 0 Å². The van der Waals surface area contributed by atoms with Gasteiger partial charge >= 0.3 is 13.2 Å². The highest BCUT2D eigenvalue weighted by Gasteiger charge is 2.41. The number of nitrogens with zero attached hydrogens (tertiary/aromatic N) is 2. The highest BCUT2D eigenvalue weighted by molar-refractivity contribution is 7.92. The van der Waals surface area contributed by atoms with Gasteiger partial charge in [0.25, 0.3) is 0 Å². The number of halogens is 3. The fraction of sp³-hybridized carbons (Fsp3) is 0.462. The summed E-state index contributed by atoms with van der Waals surface area (Å²) < 4.78 is 30.7. The van der Waals surface area contributed by atoms with Crippen LogP contribution in [0.4, 0.5) is 0 Å². The van der Waals surface area contributed by atoms with Crippen LogP contribution in [0.25, 0.3) is 0 Å².